The number of carbonyl (C=O) groups is 3. The summed E-state index contributed by atoms with van der Waals surface area (Å²) in [7, 11) is 5.41. The van der Waals surface area contributed by atoms with E-state index in [1.807, 2.05) is 12.1 Å². The first-order valence-corrected chi connectivity index (χ1v) is 15.1. The monoisotopic (exact) mass is 604 g/mol. The zero-order valence-electron chi connectivity index (χ0n) is 25.2. The molecule has 2 unspecified atom stereocenters. The van der Waals surface area contributed by atoms with Crippen molar-refractivity contribution in [3.05, 3.63) is 64.4 Å². The van der Waals surface area contributed by atoms with Crippen molar-refractivity contribution >= 4 is 17.5 Å². The van der Waals surface area contributed by atoms with E-state index in [0.29, 0.717) is 5.56 Å². The number of allylic oxidation sites excluding steroid dienone is 1. The molecule has 2 aromatic rings. The summed E-state index contributed by atoms with van der Waals surface area (Å²) in [5.41, 5.74) is 6.16. The van der Waals surface area contributed by atoms with Crippen molar-refractivity contribution in [3.8, 4) is 16.9 Å². The van der Waals surface area contributed by atoms with E-state index in [2.05, 4.69) is 29.0 Å². The van der Waals surface area contributed by atoms with Gasteiger partial charge in [-0.3, -0.25) is 19.3 Å². The van der Waals surface area contributed by atoms with Crippen LogP contribution in [0.2, 0.25) is 0 Å². The number of carbonyl (C=O) groups excluding carboxylic acids is 3. The van der Waals surface area contributed by atoms with Gasteiger partial charge in [0, 0.05) is 50.3 Å². The first kappa shape index (κ1) is 30.4. The number of fused-ring (bicyclic) bond motifs is 3. The molecule has 0 radical (unpaired) electrons. The number of likely N-dealkylation sites (N-methyl/N-ethyl adjacent to an activating group) is 2. The van der Waals surface area contributed by atoms with Crippen molar-refractivity contribution in [3.63, 3.8) is 0 Å². The number of primary amides is 1. The van der Waals surface area contributed by atoms with Crippen LogP contribution in [0.3, 0.4) is 0 Å². The molecule has 2 fully saturated rings. The normalized spacial score (nSPS) is 31.1. The van der Waals surface area contributed by atoms with Gasteiger partial charge in [-0.25, -0.2) is 0 Å². The Balaban J connectivity index is 1.38. The highest BCUT2D eigenvalue weighted by Crippen LogP contribution is 2.53. The number of nitrogens with zero attached hydrogens (tertiary/aromatic N) is 3. The number of phenols is 1. The highest BCUT2D eigenvalue weighted by Gasteiger charge is 2.66. The van der Waals surface area contributed by atoms with Crippen molar-refractivity contribution in [1.82, 2.24) is 14.7 Å². The molecule has 11 heteroatoms. The second-order valence-electron chi connectivity index (χ2n) is 13.1. The van der Waals surface area contributed by atoms with Crippen LogP contribution in [-0.4, -0.2) is 118 Å². The molecule has 6 atom stereocenters. The van der Waals surface area contributed by atoms with Crippen molar-refractivity contribution in [2.45, 2.75) is 37.1 Å². The number of benzene rings is 2. The Morgan fingerprint density at radius 2 is 1.70 bits per heavy atom. The van der Waals surface area contributed by atoms with Crippen LogP contribution in [-0.2, 0) is 22.6 Å². The maximum atomic E-state index is 14.0. The van der Waals surface area contributed by atoms with E-state index in [1.165, 1.54) is 11.6 Å². The van der Waals surface area contributed by atoms with Crippen LogP contribution in [0.4, 0.5) is 0 Å². The van der Waals surface area contributed by atoms with Gasteiger partial charge < -0.3 is 36.0 Å². The van der Waals surface area contributed by atoms with Gasteiger partial charge in [0.05, 0.1) is 11.7 Å². The molecule has 6 rings (SSSR count). The third-order valence-corrected chi connectivity index (χ3v) is 10.2. The number of rotatable bonds is 5. The molecule has 1 amide bonds. The molecule has 3 aliphatic carbocycles. The average Bonchev–Trinajstić information content (AvgIpc) is 2.96. The minimum absolute atomic E-state index is 0.0165. The number of Topliss-reactive ketones (excluding diaryl/α,β-unsaturated/α-hetero) is 2. The molecule has 4 aliphatic rings. The minimum atomic E-state index is -2.60. The molecule has 6 N–H and O–H groups in total. The van der Waals surface area contributed by atoms with Gasteiger partial charge >= 0.3 is 0 Å². The van der Waals surface area contributed by atoms with Gasteiger partial charge in [0.2, 0.25) is 5.91 Å². The molecule has 11 nitrogen and oxygen atoms in total. The lowest BCUT2D eigenvalue weighted by Gasteiger charge is -2.53. The van der Waals surface area contributed by atoms with Crippen LogP contribution in [0.25, 0.3) is 11.1 Å². The SMILES string of the molecule is CN1CCN(Cc2ccc(-c3ccc(O)c4c3C[C@H]3C[C@H]5[C@H](N(C)C)C(O)C(C(N)=O)C(=O)[C@@]5(O)C(O)=C3C4=O)cc2)CC1. The molecule has 234 valence electrons. The van der Waals surface area contributed by atoms with Gasteiger partial charge in [-0.1, -0.05) is 30.3 Å². The fourth-order valence-corrected chi connectivity index (χ4v) is 7.93. The molecule has 1 saturated heterocycles. The Kier molecular flexibility index (Phi) is 7.66. The quantitative estimate of drug-likeness (QED) is 0.307. The number of ketones is 2. The summed E-state index contributed by atoms with van der Waals surface area (Å²) >= 11 is 0. The molecule has 1 aliphatic heterocycles. The lowest BCUT2D eigenvalue weighted by molar-refractivity contribution is -0.178. The number of hydrogen-bond acceptors (Lipinski definition) is 10. The Labute approximate surface area is 256 Å². The topological polar surface area (TPSA) is 168 Å². The predicted octanol–water partition coefficient (Wildman–Crippen LogP) is 0.700. The summed E-state index contributed by atoms with van der Waals surface area (Å²) in [5, 5.41) is 45.3. The lowest BCUT2D eigenvalue weighted by Crippen LogP contribution is -2.71. The number of aromatic hydroxyl groups is 1. The predicted molar refractivity (Wildman–Crippen MR) is 162 cm³/mol. The fourth-order valence-electron chi connectivity index (χ4n) is 7.93. The van der Waals surface area contributed by atoms with Gasteiger partial charge in [-0.2, -0.15) is 0 Å². The maximum absolute atomic E-state index is 14.0. The number of aliphatic hydroxyl groups is 3. The van der Waals surface area contributed by atoms with Crippen molar-refractivity contribution in [2.75, 3.05) is 47.3 Å². The van der Waals surface area contributed by atoms with Gasteiger partial charge in [0.1, 0.15) is 17.4 Å². The maximum Gasteiger partial charge on any atom is 0.230 e. The molecule has 0 bridgehead atoms. The van der Waals surface area contributed by atoms with Crippen molar-refractivity contribution in [1.29, 1.82) is 0 Å². The summed E-state index contributed by atoms with van der Waals surface area (Å²) < 4.78 is 0. The van der Waals surface area contributed by atoms with E-state index in [1.54, 1.807) is 25.1 Å². The fraction of sp³-hybridized carbons (Fsp3) is 0.485. The molecule has 1 saturated carbocycles. The number of hydrogen-bond donors (Lipinski definition) is 5. The van der Waals surface area contributed by atoms with Gasteiger partial charge in [-0.05, 0) is 68.2 Å². The number of piperazine rings is 1. The Morgan fingerprint density at radius 3 is 2.32 bits per heavy atom. The van der Waals surface area contributed by atoms with Crippen LogP contribution in [0.15, 0.2) is 47.7 Å². The van der Waals surface area contributed by atoms with Gasteiger partial charge in [-0.15, -0.1) is 0 Å². The second kappa shape index (κ2) is 11.1. The Hall–Kier alpha value is -3.61. The average molecular weight is 605 g/mol. The number of phenolic OH excluding ortho intramolecular Hbond substituents is 1. The van der Waals surface area contributed by atoms with Crippen molar-refractivity contribution < 1.29 is 34.8 Å². The lowest BCUT2D eigenvalue weighted by atomic mass is 9.55. The first-order valence-electron chi connectivity index (χ1n) is 15.1. The summed E-state index contributed by atoms with van der Waals surface area (Å²) in [4.78, 5) is 46.1. The summed E-state index contributed by atoms with van der Waals surface area (Å²) in [5.74, 6) is -7.42. The van der Waals surface area contributed by atoms with E-state index in [9.17, 15) is 34.8 Å². The highest BCUT2D eigenvalue weighted by atomic mass is 16.3. The zero-order valence-corrected chi connectivity index (χ0v) is 25.2. The third-order valence-electron chi connectivity index (χ3n) is 10.2. The largest absolute Gasteiger partial charge is 0.508 e. The van der Waals surface area contributed by atoms with Crippen LogP contribution in [0.5, 0.6) is 5.75 Å². The number of amides is 1. The minimum Gasteiger partial charge on any atom is -0.508 e. The van der Waals surface area contributed by atoms with Crippen LogP contribution >= 0.6 is 0 Å². The molecule has 2 aromatic carbocycles. The second-order valence-corrected chi connectivity index (χ2v) is 13.1. The van der Waals surface area contributed by atoms with Crippen molar-refractivity contribution in [2.24, 2.45) is 23.5 Å². The Morgan fingerprint density at radius 1 is 1.05 bits per heavy atom. The van der Waals surface area contributed by atoms with Gasteiger partial charge in [0.25, 0.3) is 0 Å². The van der Waals surface area contributed by atoms with E-state index in [4.69, 9.17) is 5.73 Å². The van der Waals surface area contributed by atoms with E-state index in [-0.39, 0.29) is 29.7 Å². The van der Waals surface area contributed by atoms with E-state index in [0.717, 1.165) is 43.9 Å². The molecule has 44 heavy (non-hydrogen) atoms. The number of nitrogens with two attached hydrogens (primary N) is 1. The first-order chi connectivity index (χ1) is 20.8. The smallest absolute Gasteiger partial charge is 0.230 e. The van der Waals surface area contributed by atoms with Crippen LogP contribution in [0.1, 0.15) is 27.9 Å². The zero-order chi connectivity index (χ0) is 31.7. The van der Waals surface area contributed by atoms with Gasteiger partial charge in [0.15, 0.2) is 17.2 Å². The van der Waals surface area contributed by atoms with E-state index < -0.39 is 58.7 Å². The van der Waals surface area contributed by atoms with E-state index >= 15 is 0 Å². The highest BCUT2D eigenvalue weighted by molar-refractivity contribution is 6.16. The summed E-state index contributed by atoms with van der Waals surface area (Å²) in [6.45, 7) is 4.92. The molecule has 0 spiro atoms. The third kappa shape index (κ3) is 4.65. The van der Waals surface area contributed by atoms with Crippen LogP contribution < -0.4 is 5.73 Å². The summed E-state index contributed by atoms with van der Waals surface area (Å²) in [6.07, 6.45) is -1.18. The number of aliphatic hydroxyl groups excluding tert-OH is 2. The van der Waals surface area contributed by atoms with Crippen LogP contribution in [0, 0.1) is 17.8 Å². The summed E-state index contributed by atoms with van der Waals surface area (Å²) in [6, 6.07) is 10.5. The molecule has 0 aromatic heterocycles. The standard InChI is InChI=1S/C33H40N4O7/c1-35(2)27-22-15-19-14-21-20(18-6-4-17(5-7-18)16-37-12-10-36(3)11-13-37)8-9-23(38)25(21)28(39)24(19)30(41)33(22,44)31(42)26(29(27)40)32(34)43/h4-9,19,22,26-27,29,38,40-41,44H,10-16H2,1-3H3,(H2,34,43)/t19-,22-,26?,27-,29?,33-/m0/s1. The Bertz CT molecular complexity index is 1550. The molecular weight excluding hydrogens is 564 g/mol. The molecule has 1 heterocycles. The molecular formula is C33H40N4O7.